The number of alkyl halides is 3. The van der Waals surface area contributed by atoms with Crippen molar-refractivity contribution in [2.45, 2.75) is 6.18 Å². The number of non-ortho nitro benzene ring substituents is 1. The zero-order valence-corrected chi connectivity index (χ0v) is 11.7. The molecule has 7 nitrogen and oxygen atoms in total. The molecule has 0 amide bonds. The van der Waals surface area contributed by atoms with E-state index in [0.29, 0.717) is 0 Å². The fourth-order valence-electron chi connectivity index (χ4n) is 2.01. The first-order chi connectivity index (χ1) is 11.4. The molecule has 0 N–H and O–H groups in total. The number of nitro benzene ring substituents is 1. The molecule has 1 aromatic carbocycles. The molecule has 0 spiro atoms. The highest BCUT2D eigenvalue weighted by Crippen LogP contribution is 2.35. The molecule has 3 aromatic rings. The van der Waals surface area contributed by atoms with Gasteiger partial charge in [0.15, 0.2) is 5.69 Å². The van der Waals surface area contributed by atoms with Crippen molar-refractivity contribution < 1.29 is 22.6 Å². The van der Waals surface area contributed by atoms with Gasteiger partial charge in [0.05, 0.1) is 10.5 Å². The normalized spacial score (nSPS) is 11.5. The van der Waals surface area contributed by atoms with E-state index in [2.05, 4.69) is 15.1 Å². The SMILES string of the molecule is O=[N+]([O-])c1cccc(-c2nc(-c3cccnc3C(F)(F)F)no2)c1. The molecule has 10 heteroatoms. The quantitative estimate of drug-likeness (QED) is 0.534. The van der Waals surface area contributed by atoms with Crippen LogP contribution in [0, 0.1) is 10.1 Å². The van der Waals surface area contributed by atoms with Gasteiger partial charge in [-0.05, 0) is 18.2 Å². The number of pyridine rings is 1. The molecule has 0 fully saturated rings. The summed E-state index contributed by atoms with van der Waals surface area (Å²) in [6.07, 6.45) is -3.67. The predicted molar refractivity (Wildman–Crippen MR) is 74.6 cm³/mol. The Labute approximate surface area is 131 Å². The summed E-state index contributed by atoms with van der Waals surface area (Å²) in [4.78, 5) is 17.4. The smallest absolute Gasteiger partial charge is 0.334 e. The Kier molecular flexibility index (Phi) is 3.72. The van der Waals surface area contributed by atoms with Crippen LogP contribution in [0.25, 0.3) is 22.8 Å². The lowest BCUT2D eigenvalue weighted by molar-refractivity contribution is -0.384. The van der Waals surface area contributed by atoms with Crippen molar-refractivity contribution in [2.24, 2.45) is 0 Å². The maximum absolute atomic E-state index is 13.0. The second kappa shape index (κ2) is 5.72. The Morgan fingerprint density at radius 2 is 1.96 bits per heavy atom. The van der Waals surface area contributed by atoms with Gasteiger partial charge in [-0.15, -0.1) is 0 Å². The van der Waals surface area contributed by atoms with E-state index in [1.54, 1.807) is 0 Å². The molecule has 2 heterocycles. The minimum Gasteiger partial charge on any atom is -0.334 e. The summed E-state index contributed by atoms with van der Waals surface area (Å²) in [5, 5.41) is 14.3. The maximum atomic E-state index is 13.0. The molecule has 0 atom stereocenters. The van der Waals surface area contributed by atoms with Crippen LogP contribution in [-0.4, -0.2) is 20.0 Å². The monoisotopic (exact) mass is 336 g/mol. The summed E-state index contributed by atoms with van der Waals surface area (Å²) >= 11 is 0. The third-order valence-electron chi connectivity index (χ3n) is 3.05. The summed E-state index contributed by atoms with van der Waals surface area (Å²) in [6, 6.07) is 7.81. The Morgan fingerprint density at radius 3 is 2.67 bits per heavy atom. The Balaban J connectivity index is 2.04. The lowest BCUT2D eigenvalue weighted by atomic mass is 10.1. The van der Waals surface area contributed by atoms with Gasteiger partial charge >= 0.3 is 6.18 Å². The van der Waals surface area contributed by atoms with E-state index in [1.165, 1.54) is 30.3 Å². The van der Waals surface area contributed by atoms with E-state index >= 15 is 0 Å². The topological polar surface area (TPSA) is 95.0 Å². The summed E-state index contributed by atoms with van der Waals surface area (Å²) < 4.78 is 43.9. The first-order valence-corrected chi connectivity index (χ1v) is 6.47. The summed E-state index contributed by atoms with van der Waals surface area (Å²) in [6.45, 7) is 0. The van der Waals surface area contributed by atoms with Crippen LogP contribution in [0.1, 0.15) is 5.69 Å². The van der Waals surface area contributed by atoms with Gasteiger partial charge in [-0.1, -0.05) is 11.2 Å². The van der Waals surface area contributed by atoms with E-state index < -0.39 is 16.8 Å². The molecule has 0 unspecified atom stereocenters. The lowest BCUT2D eigenvalue weighted by Gasteiger charge is -2.08. The van der Waals surface area contributed by atoms with Crippen LogP contribution in [0.2, 0.25) is 0 Å². The number of nitro groups is 1. The van der Waals surface area contributed by atoms with Crippen LogP contribution in [-0.2, 0) is 6.18 Å². The molecule has 0 radical (unpaired) electrons. The molecule has 2 aromatic heterocycles. The number of benzene rings is 1. The third kappa shape index (κ3) is 2.93. The van der Waals surface area contributed by atoms with Crippen LogP contribution < -0.4 is 0 Å². The highest BCUT2D eigenvalue weighted by atomic mass is 19.4. The Hall–Kier alpha value is -3.30. The largest absolute Gasteiger partial charge is 0.434 e. The summed E-state index contributed by atoms with van der Waals surface area (Å²) in [5.74, 6) is -0.442. The molecule has 0 aliphatic heterocycles. The lowest BCUT2D eigenvalue weighted by Crippen LogP contribution is -2.10. The van der Waals surface area contributed by atoms with Crippen molar-refractivity contribution in [2.75, 3.05) is 0 Å². The van der Waals surface area contributed by atoms with E-state index in [0.717, 1.165) is 12.3 Å². The zero-order chi connectivity index (χ0) is 17.3. The van der Waals surface area contributed by atoms with E-state index in [1.807, 2.05) is 0 Å². The molecule has 3 rings (SSSR count). The van der Waals surface area contributed by atoms with Gasteiger partial charge in [0, 0.05) is 23.9 Å². The first kappa shape index (κ1) is 15.6. The van der Waals surface area contributed by atoms with E-state index in [9.17, 15) is 23.3 Å². The fourth-order valence-corrected chi connectivity index (χ4v) is 2.01. The van der Waals surface area contributed by atoms with Crippen molar-refractivity contribution in [1.82, 2.24) is 15.1 Å². The molecule has 24 heavy (non-hydrogen) atoms. The molecular weight excluding hydrogens is 329 g/mol. The molecule has 0 aliphatic carbocycles. The molecule has 0 saturated carbocycles. The van der Waals surface area contributed by atoms with E-state index in [-0.39, 0.29) is 28.5 Å². The van der Waals surface area contributed by atoms with Crippen molar-refractivity contribution in [3.8, 4) is 22.8 Å². The second-order valence-corrected chi connectivity index (χ2v) is 4.63. The summed E-state index contributed by atoms with van der Waals surface area (Å²) in [5.41, 5.74) is -1.47. The fraction of sp³-hybridized carbons (Fsp3) is 0.0714. The van der Waals surface area contributed by atoms with Gasteiger partial charge in [0.25, 0.3) is 11.6 Å². The average Bonchev–Trinajstić information content (AvgIpc) is 3.04. The van der Waals surface area contributed by atoms with E-state index in [4.69, 9.17) is 4.52 Å². The van der Waals surface area contributed by atoms with Gasteiger partial charge in [-0.3, -0.25) is 15.1 Å². The van der Waals surface area contributed by atoms with Crippen molar-refractivity contribution in [3.63, 3.8) is 0 Å². The first-order valence-electron chi connectivity index (χ1n) is 6.47. The minimum absolute atomic E-state index is 0.134. The van der Waals surface area contributed by atoms with Crippen molar-refractivity contribution >= 4 is 5.69 Å². The number of aromatic nitrogens is 3. The van der Waals surface area contributed by atoms with Crippen molar-refractivity contribution in [1.29, 1.82) is 0 Å². The standard InChI is InChI=1S/C14H7F3N4O3/c15-14(16,17)11-10(5-2-6-18-11)12-19-13(24-20-12)8-3-1-4-9(7-8)21(22)23/h1-7H. The van der Waals surface area contributed by atoms with Crippen LogP contribution in [0.15, 0.2) is 47.1 Å². The minimum atomic E-state index is -4.68. The zero-order valence-electron chi connectivity index (χ0n) is 11.7. The molecular formula is C14H7F3N4O3. The van der Waals surface area contributed by atoms with Crippen molar-refractivity contribution in [3.05, 3.63) is 58.4 Å². The highest BCUT2D eigenvalue weighted by molar-refractivity contribution is 5.63. The number of rotatable bonds is 3. The van der Waals surface area contributed by atoms with Gasteiger partial charge in [-0.2, -0.15) is 18.2 Å². The van der Waals surface area contributed by atoms with Gasteiger partial charge in [0.2, 0.25) is 5.82 Å². The van der Waals surface area contributed by atoms with Crippen LogP contribution in [0.4, 0.5) is 18.9 Å². The molecule has 122 valence electrons. The number of halogens is 3. The van der Waals surface area contributed by atoms with Crippen LogP contribution in [0.5, 0.6) is 0 Å². The average molecular weight is 336 g/mol. The Morgan fingerprint density at radius 1 is 1.17 bits per heavy atom. The second-order valence-electron chi connectivity index (χ2n) is 4.63. The molecule has 0 bridgehead atoms. The Bertz CT molecular complexity index is 908. The third-order valence-corrected chi connectivity index (χ3v) is 3.05. The van der Waals surface area contributed by atoms with Crippen LogP contribution in [0.3, 0.4) is 0 Å². The van der Waals surface area contributed by atoms with Gasteiger partial charge in [-0.25, -0.2) is 0 Å². The molecule has 0 aliphatic rings. The van der Waals surface area contributed by atoms with Gasteiger partial charge < -0.3 is 4.52 Å². The number of hydrogen-bond donors (Lipinski definition) is 0. The summed E-state index contributed by atoms with van der Waals surface area (Å²) in [7, 11) is 0. The maximum Gasteiger partial charge on any atom is 0.434 e. The van der Waals surface area contributed by atoms with Gasteiger partial charge in [0.1, 0.15) is 0 Å². The molecule has 0 saturated heterocycles. The highest BCUT2D eigenvalue weighted by Gasteiger charge is 2.36. The predicted octanol–water partition coefficient (Wildman–Crippen LogP) is 3.73. The number of hydrogen-bond acceptors (Lipinski definition) is 6. The van der Waals surface area contributed by atoms with Crippen LogP contribution >= 0.6 is 0 Å². The number of nitrogens with zero attached hydrogens (tertiary/aromatic N) is 4.